The standard InChI is InChI=1S/C24H36N6O5S/c1-16-14-17-15-25-23(27-21(17)30(22(16)31)20-4-3-9-24(20,2)32)26-18-5-10-29(11-6-18)36(33,34)28-19-7-12-35-13-8-19/h14-15,18-20,28,32H,3-13H2,1-2H3,(H,25,26,27). The molecule has 1 aliphatic carbocycles. The molecule has 3 N–H and O–H groups in total. The van der Waals surface area contributed by atoms with Crippen LogP contribution >= 0.6 is 0 Å². The summed E-state index contributed by atoms with van der Waals surface area (Å²) in [5.41, 5.74) is -0.0108. The molecular formula is C24H36N6O5S. The lowest BCUT2D eigenvalue weighted by atomic mass is 9.99. The maximum atomic E-state index is 13.1. The number of hydrogen-bond donors (Lipinski definition) is 3. The zero-order valence-corrected chi connectivity index (χ0v) is 21.8. The van der Waals surface area contributed by atoms with Crippen LogP contribution in [-0.2, 0) is 14.9 Å². The predicted octanol–water partition coefficient (Wildman–Crippen LogP) is 1.47. The maximum absolute atomic E-state index is 13.1. The van der Waals surface area contributed by atoms with Crippen LogP contribution in [0.4, 0.5) is 5.95 Å². The van der Waals surface area contributed by atoms with E-state index in [2.05, 4.69) is 15.0 Å². The molecule has 4 heterocycles. The van der Waals surface area contributed by atoms with Crippen molar-refractivity contribution in [3.63, 3.8) is 0 Å². The molecule has 2 unspecified atom stereocenters. The lowest BCUT2D eigenvalue weighted by molar-refractivity contribution is 0.0266. The molecule has 0 spiro atoms. The largest absolute Gasteiger partial charge is 0.388 e. The molecule has 2 atom stereocenters. The number of aliphatic hydroxyl groups is 1. The molecule has 0 radical (unpaired) electrons. The first-order chi connectivity index (χ1) is 17.1. The van der Waals surface area contributed by atoms with Crippen molar-refractivity contribution in [3.8, 4) is 0 Å². The molecule has 198 valence electrons. The zero-order valence-electron chi connectivity index (χ0n) is 20.9. The fourth-order valence-electron chi connectivity index (χ4n) is 5.68. The lowest BCUT2D eigenvalue weighted by Gasteiger charge is -2.33. The van der Waals surface area contributed by atoms with Gasteiger partial charge < -0.3 is 15.2 Å². The number of aryl methyl sites for hydroxylation is 1. The zero-order chi connectivity index (χ0) is 25.5. The fourth-order valence-corrected chi connectivity index (χ4v) is 7.18. The van der Waals surface area contributed by atoms with Gasteiger partial charge in [0.2, 0.25) is 5.95 Å². The Morgan fingerprint density at radius 2 is 1.86 bits per heavy atom. The average molecular weight is 521 g/mol. The first-order valence-electron chi connectivity index (χ1n) is 12.9. The average Bonchev–Trinajstić information content (AvgIpc) is 3.19. The summed E-state index contributed by atoms with van der Waals surface area (Å²) < 4.78 is 36.9. The molecule has 1 saturated carbocycles. The van der Waals surface area contributed by atoms with Crippen LogP contribution in [0.25, 0.3) is 11.0 Å². The first-order valence-corrected chi connectivity index (χ1v) is 14.3. The number of pyridine rings is 1. The van der Waals surface area contributed by atoms with Crippen LogP contribution in [-0.4, -0.2) is 76.4 Å². The van der Waals surface area contributed by atoms with E-state index in [0.717, 1.165) is 11.8 Å². The molecule has 12 heteroatoms. The van der Waals surface area contributed by atoms with Crippen LogP contribution in [0.15, 0.2) is 17.1 Å². The third-order valence-electron chi connectivity index (χ3n) is 7.81. The Morgan fingerprint density at radius 1 is 1.14 bits per heavy atom. The van der Waals surface area contributed by atoms with Crippen molar-refractivity contribution in [3.05, 3.63) is 28.2 Å². The molecule has 11 nitrogen and oxygen atoms in total. The Morgan fingerprint density at radius 3 is 2.53 bits per heavy atom. The van der Waals surface area contributed by atoms with Crippen molar-refractivity contribution in [2.24, 2.45) is 0 Å². The van der Waals surface area contributed by atoms with E-state index in [9.17, 15) is 18.3 Å². The fraction of sp³-hybridized carbons (Fsp3) is 0.708. The van der Waals surface area contributed by atoms with Gasteiger partial charge in [-0.1, -0.05) is 0 Å². The highest BCUT2D eigenvalue weighted by Gasteiger charge is 2.39. The molecular weight excluding hydrogens is 484 g/mol. The second-order valence-corrected chi connectivity index (χ2v) is 12.3. The highest BCUT2D eigenvalue weighted by Crippen LogP contribution is 2.39. The van der Waals surface area contributed by atoms with Crippen LogP contribution < -0.4 is 15.6 Å². The first kappa shape index (κ1) is 25.5. The smallest absolute Gasteiger partial charge is 0.279 e. The third-order valence-corrected chi connectivity index (χ3v) is 9.48. The Balaban J connectivity index is 1.30. The van der Waals surface area contributed by atoms with E-state index >= 15 is 0 Å². The van der Waals surface area contributed by atoms with Crippen molar-refractivity contribution in [2.75, 3.05) is 31.6 Å². The van der Waals surface area contributed by atoms with E-state index in [-0.39, 0.29) is 23.7 Å². The summed E-state index contributed by atoms with van der Waals surface area (Å²) in [6.45, 7) is 5.52. The van der Waals surface area contributed by atoms with Crippen molar-refractivity contribution < 1.29 is 18.3 Å². The number of nitrogens with zero attached hydrogens (tertiary/aromatic N) is 4. The van der Waals surface area contributed by atoms with Gasteiger partial charge in [-0.3, -0.25) is 9.36 Å². The maximum Gasteiger partial charge on any atom is 0.279 e. The number of ether oxygens (including phenoxy) is 1. The van der Waals surface area contributed by atoms with Gasteiger partial charge in [0.05, 0.1) is 11.6 Å². The summed E-state index contributed by atoms with van der Waals surface area (Å²) in [4.78, 5) is 22.3. The highest BCUT2D eigenvalue weighted by molar-refractivity contribution is 7.87. The van der Waals surface area contributed by atoms with Gasteiger partial charge >= 0.3 is 0 Å². The normalized spacial score (nSPS) is 27.0. The van der Waals surface area contributed by atoms with E-state index < -0.39 is 15.8 Å². The molecule has 2 aliphatic heterocycles. The van der Waals surface area contributed by atoms with Crippen molar-refractivity contribution in [2.45, 2.75) is 82.5 Å². The summed E-state index contributed by atoms with van der Waals surface area (Å²) >= 11 is 0. The van der Waals surface area contributed by atoms with Gasteiger partial charge in [-0.05, 0) is 64.9 Å². The van der Waals surface area contributed by atoms with Gasteiger partial charge in [-0.15, -0.1) is 0 Å². The van der Waals surface area contributed by atoms with Crippen LogP contribution in [0.5, 0.6) is 0 Å². The van der Waals surface area contributed by atoms with Crippen LogP contribution in [0.3, 0.4) is 0 Å². The van der Waals surface area contributed by atoms with Crippen molar-refractivity contribution >= 4 is 27.2 Å². The van der Waals surface area contributed by atoms with E-state index in [4.69, 9.17) is 9.72 Å². The second-order valence-electron chi connectivity index (χ2n) is 10.6. The van der Waals surface area contributed by atoms with Gasteiger partial charge in [0.1, 0.15) is 5.65 Å². The molecule has 3 fully saturated rings. The van der Waals surface area contributed by atoms with E-state index in [1.165, 1.54) is 4.31 Å². The molecule has 3 aliphatic rings. The predicted molar refractivity (Wildman–Crippen MR) is 136 cm³/mol. The number of hydrogen-bond acceptors (Lipinski definition) is 8. The molecule has 2 aromatic rings. The summed E-state index contributed by atoms with van der Waals surface area (Å²) in [5.74, 6) is 0.402. The number of fused-ring (bicyclic) bond motifs is 1. The van der Waals surface area contributed by atoms with E-state index in [1.54, 1.807) is 30.7 Å². The number of rotatable bonds is 6. The van der Waals surface area contributed by atoms with E-state index in [1.807, 2.05) is 0 Å². The van der Waals surface area contributed by atoms with Crippen molar-refractivity contribution in [1.82, 2.24) is 23.6 Å². The monoisotopic (exact) mass is 520 g/mol. The summed E-state index contributed by atoms with van der Waals surface area (Å²) in [5, 5.41) is 15.0. The molecule has 2 aromatic heterocycles. The summed E-state index contributed by atoms with van der Waals surface area (Å²) in [6, 6.07) is 1.38. The van der Waals surface area contributed by atoms with Crippen LogP contribution in [0.2, 0.25) is 0 Å². The van der Waals surface area contributed by atoms with Gasteiger partial charge in [-0.25, -0.2) is 4.98 Å². The van der Waals surface area contributed by atoms with Gasteiger partial charge in [-0.2, -0.15) is 22.4 Å². The van der Waals surface area contributed by atoms with Gasteiger partial charge in [0.25, 0.3) is 15.8 Å². The lowest BCUT2D eigenvalue weighted by Crippen LogP contribution is -2.50. The van der Waals surface area contributed by atoms with E-state index in [0.29, 0.717) is 82.0 Å². The molecule has 0 bridgehead atoms. The Hall–Kier alpha value is -2.12. The minimum absolute atomic E-state index is 0.0113. The third kappa shape index (κ3) is 5.14. The number of anilines is 1. The number of nitrogens with one attached hydrogen (secondary N) is 2. The minimum atomic E-state index is -3.54. The quantitative estimate of drug-likeness (QED) is 0.520. The Bertz CT molecular complexity index is 1270. The van der Waals surface area contributed by atoms with Gasteiger partial charge in [0.15, 0.2) is 0 Å². The molecule has 0 aromatic carbocycles. The summed E-state index contributed by atoms with van der Waals surface area (Å²) in [6.07, 6.45) is 6.53. The SMILES string of the molecule is Cc1cc2cnc(NC3CCN(S(=O)(=O)NC4CCOCC4)CC3)nc2n(C2CCCC2(C)O)c1=O. The molecule has 2 saturated heterocycles. The molecule has 36 heavy (non-hydrogen) atoms. The van der Waals surface area contributed by atoms with Gasteiger partial charge in [0, 0.05) is 55.5 Å². The highest BCUT2D eigenvalue weighted by atomic mass is 32.2. The molecule has 5 rings (SSSR count). The topological polar surface area (TPSA) is 139 Å². The minimum Gasteiger partial charge on any atom is -0.388 e. The molecule has 0 amide bonds. The van der Waals surface area contributed by atoms with Crippen molar-refractivity contribution in [1.29, 1.82) is 0 Å². The van der Waals surface area contributed by atoms with Crippen LogP contribution in [0.1, 0.15) is 63.5 Å². The Kier molecular flexibility index (Phi) is 7.07. The Labute approximate surface area is 211 Å². The van der Waals surface area contributed by atoms with Crippen LogP contribution in [0, 0.1) is 6.92 Å². The summed E-state index contributed by atoms with van der Waals surface area (Å²) in [7, 11) is -3.54. The number of piperidine rings is 1. The number of aromatic nitrogens is 3. The second kappa shape index (κ2) is 9.97.